The van der Waals surface area contributed by atoms with Crippen molar-refractivity contribution in [2.45, 2.75) is 52.0 Å². The van der Waals surface area contributed by atoms with Crippen molar-refractivity contribution in [2.24, 2.45) is 11.3 Å². The molecule has 0 aromatic heterocycles. The number of allylic oxidation sites excluding steroid dienone is 1. The summed E-state index contributed by atoms with van der Waals surface area (Å²) >= 11 is 0. The molecule has 2 rings (SSSR count). The third kappa shape index (κ3) is 5.81. The predicted molar refractivity (Wildman–Crippen MR) is 116 cm³/mol. The average Bonchev–Trinajstić information content (AvgIpc) is 2.82. The van der Waals surface area contributed by atoms with Gasteiger partial charge in [0.25, 0.3) is 5.91 Å². The Labute approximate surface area is 177 Å². The highest BCUT2D eigenvalue weighted by Crippen LogP contribution is 2.27. The Morgan fingerprint density at radius 1 is 1.23 bits per heavy atom. The summed E-state index contributed by atoms with van der Waals surface area (Å²) in [6.07, 6.45) is -1.24. The van der Waals surface area contributed by atoms with Crippen LogP contribution in [0.15, 0.2) is 36.4 Å². The average molecular weight is 420 g/mol. The van der Waals surface area contributed by atoms with Gasteiger partial charge >= 0.3 is 0 Å². The zero-order valence-corrected chi connectivity index (χ0v) is 18.2. The van der Waals surface area contributed by atoms with Gasteiger partial charge in [0, 0.05) is 13.6 Å². The Kier molecular flexibility index (Phi) is 7.63. The highest BCUT2D eigenvalue weighted by atomic mass is 16.4. The Morgan fingerprint density at radius 3 is 2.50 bits per heavy atom. The van der Waals surface area contributed by atoms with Crippen molar-refractivity contribution < 1.29 is 24.9 Å². The number of benzene rings is 1. The quantitative estimate of drug-likeness (QED) is 0.437. The number of hydrogen-bond donors (Lipinski definition) is 5. The van der Waals surface area contributed by atoms with Crippen molar-refractivity contribution in [3.05, 3.63) is 36.4 Å². The number of rotatable bonds is 6. The summed E-state index contributed by atoms with van der Waals surface area (Å²) < 4.78 is 0. The summed E-state index contributed by atoms with van der Waals surface area (Å²) in [5.41, 5.74) is 1.28. The number of nitrogens with zero attached hydrogens (tertiary/aromatic N) is 1. The fraction of sp³-hybridized carbons (Fsp3) is 0.545. The number of aliphatic hydroxyl groups excluding tert-OH is 3. The second-order valence-electron chi connectivity index (χ2n) is 8.84. The molecular formula is C22H33N3O5. The lowest BCUT2D eigenvalue weighted by Gasteiger charge is -2.28. The van der Waals surface area contributed by atoms with E-state index in [4.69, 9.17) is 0 Å². The molecule has 0 unspecified atom stereocenters. The van der Waals surface area contributed by atoms with E-state index in [-0.39, 0.29) is 17.9 Å². The molecule has 2 amide bonds. The molecule has 5 atom stereocenters. The number of para-hydroxylation sites is 2. The lowest BCUT2D eigenvalue weighted by molar-refractivity contribution is -0.136. The first-order valence-corrected chi connectivity index (χ1v) is 10.1. The van der Waals surface area contributed by atoms with Gasteiger partial charge in [0.15, 0.2) is 0 Å². The summed E-state index contributed by atoms with van der Waals surface area (Å²) in [6, 6.07) is 6.48. The Morgan fingerprint density at radius 2 is 1.87 bits per heavy atom. The van der Waals surface area contributed by atoms with Crippen molar-refractivity contribution in [3.63, 3.8) is 0 Å². The van der Waals surface area contributed by atoms with Crippen LogP contribution in [0.2, 0.25) is 0 Å². The first kappa shape index (κ1) is 23.9. The molecule has 0 bridgehead atoms. The summed E-state index contributed by atoms with van der Waals surface area (Å²) in [7, 11) is 1.63. The van der Waals surface area contributed by atoms with E-state index in [9.17, 15) is 24.9 Å². The smallest absolute Gasteiger partial charge is 0.251 e. The molecule has 1 aliphatic heterocycles. The summed E-state index contributed by atoms with van der Waals surface area (Å²) in [5, 5.41) is 36.5. The molecule has 5 N–H and O–H groups in total. The number of carbonyl (C=O) groups is 2. The SMILES string of the molecule is C[C@@H](C(=O)N[C@H]1CNc2ccccc2N(C)C1=O)[C@H](O)[C@@H](O)[C@H](O)/C=C/C(C)(C)C. The Bertz CT molecular complexity index is 789. The second kappa shape index (κ2) is 9.59. The van der Waals surface area contributed by atoms with E-state index in [2.05, 4.69) is 10.6 Å². The standard InChI is InChI=1S/C22H33N3O5/c1-13(18(27)19(28)17(26)10-11-22(2,3)4)20(29)24-15-12-23-14-8-6-7-9-16(14)25(5)21(15)30/h6-11,13,15,17-19,23,26-28H,12H2,1-5H3,(H,24,29)/b11-10+/t13-,15+,17-,18+,19+/m1/s1. The van der Waals surface area contributed by atoms with Gasteiger partial charge < -0.3 is 30.9 Å². The third-order valence-electron chi connectivity index (χ3n) is 5.13. The molecule has 8 nitrogen and oxygen atoms in total. The van der Waals surface area contributed by atoms with E-state index in [1.165, 1.54) is 17.9 Å². The summed E-state index contributed by atoms with van der Waals surface area (Å²) in [6.45, 7) is 7.43. The zero-order valence-electron chi connectivity index (χ0n) is 18.2. The van der Waals surface area contributed by atoms with Crippen LogP contribution in [-0.4, -0.2) is 65.1 Å². The van der Waals surface area contributed by atoms with Gasteiger partial charge in [-0.2, -0.15) is 0 Å². The number of nitrogens with one attached hydrogen (secondary N) is 2. The summed E-state index contributed by atoms with van der Waals surface area (Å²) in [5.74, 6) is -1.93. The van der Waals surface area contributed by atoms with Gasteiger partial charge in [-0.05, 0) is 17.5 Å². The number of hydrogen-bond acceptors (Lipinski definition) is 6. The minimum Gasteiger partial charge on any atom is -0.389 e. The van der Waals surface area contributed by atoms with Crippen LogP contribution in [0.4, 0.5) is 11.4 Å². The van der Waals surface area contributed by atoms with E-state index < -0.39 is 36.2 Å². The number of anilines is 2. The second-order valence-corrected chi connectivity index (χ2v) is 8.84. The normalized spacial score (nSPS) is 21.3. The van der Waals surface area contributed by atoms with Gasteiger partial charge in [-0.3, -0.25) is 9.59 Å². The zero-order chi connectivity index (χ0) is 22.6. The first-order valence-electron chi connectivity index (χ1n) is 10.1. The van der Waals surface area contributed by atoms with E-state index in [0.29, 0.717) is 5.69 Å². The molecule has 0 aliphatic carbocycles. The highest BCUT2D eigenvalue weighted by molar-refractivity contribution is 6.02. The number of aliphatic hydroxyl groups is 3. The lowest BCUT2D eigenvalue weighted by Crippen LogP contribution is -2.53. The molecule has 0 fully saturated rings. The van der Waals surface area contributed by atoms with E-state index >= 15 is 0 Å². The van der Waals surface area contributed by atoms with Crippen LogP contribution in [0.1, 0.15) is 27.7 Å². The number of carbonyl (C=O) groups excluding carboxylic acids is 2. The molecule has 0 radical (unpaired) electrons. The minimum absolute atomic E-state index is 0.189. The van der Waals surface area contributed by atoms with Gasteiger partial charge in [-0.1, -0.05) is 52.0 Å². The molecule has 0 saturated heterocycles. The van der Waals surface area contributed by atoms with Crippen LogP contribution in [0.5, 0.6) is 0 Å². The summed E-state index contributed by atoms with van der Waals surface area (Å²) in [4.78, 5) is 26.9. The molecule has 166 valence electrons. The number of amides is 2. The number of likely N-dealkylation sites (N-methyl/N-ethyl adjacent to an activating group) is 1. The van der Waals surface area contributed by atoms with Crippen LogP contribution in [-0.2, 0) is 9.59 Å². The van der Waals surface area contributed by atoms with Gasteiger partial charge in [-0.25, -0.2) is 0 Å². The van der Waals surface area contributed by atoms with Gasteiger partial charge in [0.05, 0.1) is 23.4 Å². The lowest BCUT2D eigenvalue weighted by atomic mass is 9.92. The van der Waals surface area contributed by atoms with Gasteiger partial charge in [0.1, 0.15) is 18.2 Å². The molecule has 1 aliphatic rings. The number of fused-ring (bicyclic) bond motifs is 1. The Hall–Kier alpha value is -2.42. The van der Waals surface area contributed by atoms with Crippen LogP contribution < -0.4 is 15.5 Å². The minimum atomic E-state index is -1.54. The van der Waals surface area contributed by atoms with Crippen LogP contribution in [0, 0.1) is 11.3 Å². The monoisotopic (exact) mass is 419 g/mol. The largest absolute Gasteiger partial charge is 0.389 e. The maximum absolute atomic E-state index is 12.8. The highest BCUT2D eigenvalue weighted by Gasteiger charge is 2.35. The molecule has 1 aromatic rings. The predicted octanol–water partition coefficient (Wildman–Crippen LogP) is 0.881. The van der Waals surface area contributed by atoms with Gasteiger partial charge in [-0.15, -0.1) is 0 Å². The molecular weight excluding hydrogens is 386 g/mol. The fourth-order valence-corrected chi connectivity index (χ4v) is 3.14. The van der Waals surface area contributed by atoms with Crippen LogP contribution in [0.25, 0.3) is 0 Å². The Balaban J connectivity index is 2.02. The molecule has 1 heterocycles. The van der Waals surface area contributed by atoms with E-state index in [1.807, 2.05) is 39.0 Å². The maximum Gasteiger partial charge on any atom is 0.251 e. The molecule has 30 heavy (non-hydrogen) atoms. The van der Waals surface area contributed by atoms with Crippen molar-refractivity contribution >= 4 is 23.2 Å². The molecule has 0 spiro atoms. The van der Waals surface area contributed by atoms with Crippen molar-refractivity contribution in [1.29, 1.82) is 0 Å². The van der Waals surface area contributed by atoms with Crippen molar-refractivity contribution in [1.82, 2.24) is 5.32 Å². The maximum atomic E-state index is 12.8. The van der Waals surface area contributed by atoms with Crippen LogP contribution >= 0.6 is 0 Å². The van der Waals surface area contributed by atoms with E-state index in [0.717, 1.165) is 5.69 Å². The molecule has 0 saturated carbocycles. The topological polar surface area (TPSA) is 122 Å². The third-order valence-corrected chi connectivity index (χ3v) is 5.13. The van der Waals surface area contributed by atoms with E-state index in [1.54, 1.807) is 19.2 Å². The first-order chi connectivity index (χ1) is 13.9. The van der Waals surface area contributed by atoms with Crippen molar-refractivity contribution in [2.75, 3.05) is 23.8 Å². The fourth-order valence-electron chi connectivity index (χ4n) is 3.14. The van der Waals surface area contributed by atoms with Gasteiger partial charge in [0.2, 0.25) is 5.91 Å². The molecule has 8 heteroatoms. The van der Waals surface area contributed by atoms with Crippen molar-refractivity contribution in [3.8, 4) is 0 Å². The van der Waals surface area contributed by atoms with Crippen LogP contribution in [0.3, 0.4) is 0 Å². The molecule has 1 aromatic carbocycles.